The van der Waals surface area contributed by atoms with Gasteiger partial charge in [0.2, 0.25) is 5.91 Å². The van der Waals surface area contributed by atoms with Gasteiger partial charge in [-0.25, -0.2) is 8.78 Å². The summed E-state index contributed by atoms with van der Waals surface area (Å²) in [5.41, 5.74) is 8.02. The second kappa shape index (κ2) is 11.5. The largest absolute Gasteiger partial charge is 0.396 e. The summed E-state index contributed by atoms with van der Waals surface area (Å²) >= 11 is 0. The molecule has 4 N–H and O–H groups in total. The number of benzene rings is 2. The van der Waals surface area contributed by atoms with Crippen molar-refractivity contribution in [1.29, 1.82) is 0 Å². The van der Waals surface area contributed by atoms with Crippen LogP contribution in [-0.2, 0) is 6.42 Å². The predicted molar refractivity (Wildman–Crippen MR) is 131 cm³/mol. The lowest BCUT2D eigenvalue weighted by Gasteiger charge is -2.20. The Morgan fingerprint density at radius 1 is 1.06 bits per heavy atom. The Bertz CT molecular complexity index is 1260. The number of aryl methyl sites for hydroxylation is 1. The van der Waals surface area contributed by atoms with E-state index in [1.54, 1.807) is 24.4 Å². The minimum Gasteiger partial charge on any atom is -0.396 e. The molecular weight excluding hydrogens is 450 g/mol. The van der Waals surface area contributed by atoms with Crippen LogP contribution in [0.1, 0.15) is 36.3 Å². The van der Waals surface area contributed by atoms with Gasteiger partial charge in [-0.15, -0.1) is 0 Å². The van der Waals surface area contributed by atoms with Crippen LogP contribution >= 0.6 is 0 Å². The molecule has 0 aliphatic carbocycles. The number of carbonyl (C=O) groups excluding carboxylic acids is 1. The number of primary amides is 1. The number of nitrogens with zero attached hydrogens (tertiary/aromatic N) is 2. The monoisotopic (exact) mass is 478 g/mol. The zero-order valence-electron chi connectivity index (χ0n) is 19.6. The first-order valence-electron chi connectivity index (χ1n) is 11.1. The third-order valence-corrected chi connectivity index (χ3v) is 5.48. The number of carbonyl (C=O) groups is 1. The average molecular weight is 479 g/mol. The van der Waals surface area contributed by atoms with Crippen LogP contribution in [0.3, 0.4) is 0 Å². The summed E-state index contributed by atoms with van der Waals surface area (Å²) < 4.78 is 27.0. The van der Waals surface area contributed by atoms with Gasteiger partial charge in [-0.1, -0.05) is 26.0 Å². The van der Waals surface area contributed by atoms with E-state index >= 15 is 0 Å². The smallest absolute Gasteiger partial charge is 0.249 e. The number of amides is 1. The summed E-state index contributed by atoms with van der Waals surface area (Å²) in [5, 5.41) is 15.8. The van der Waals surface area contributed by atoms with E-state index < -0.39 is 11.7 Å². The molecule has 6 nitrogen and oxygen atoms in total. The number of aliphatic hydroxyl groups excluding tert-OH is 1. The van der Waals surface area contributed by atoms with Gasteiger partial charge in [-0.3, -0.25) is 14.9 Å². The minimum absolute atomic E-state index is 0.0114. The molecule has 0 saturated heterocycles. The van der Waals surface area contributed by atoms with Gasteiger partial charge in [0.1, 0.15) is 11.6 Å². The van der Waals surface area contributed by atoms with Gasteiger partial charge >= 0.3 is 0 Å². The number of aromatic nitrogens is 3. The summed E-state index contributed by atoms with van der Waals surface area (Å²) in [4.78, 5) is 15.7. The Morgan fingerprint density at radius 2 is 1.80 bits per heavy atom. The van der Waals surface area contributed by atoms with Crippen LogP contribution in [0.2, 0.25) is 0 Å². The Morgan fingerprint density at radius 3 is 2.43 bits per heavy atom. The molecule has 182 valence electrons. The number of aromatic amines is 1. The molecule has 35 heavy (non-hydrogen) atoms. The van der Waals surface area contributed by atoms with Crippen LogP contribution in [0.5, 0.6) is 0 Å². The summed E-state index contributed by atoms with van der Waals surface area (Å²) in [6, 6.07) is 17.3. The number of nitrogens with two attached hydrogens (primary N) is 1. The van der Waals surface area contributed by atoms with E-state index in [-0.39, 0.29) is 29.0 Å². The van der Waals surface area contributed by atoms with Crippen molar-refractivity contribution in [3.05, 3.63) is 95.8 Å². The van der Waals surface area contributed by atoms with E-state index in [1.165, 1.54) is 30.3 Å². The maximum absolute atomic E-state index is 14.1. The summed E-state index contributed by atoms with van der Waals surface area (Å²) in [7, 11) is 0. The van der Waals surface area contributed by atoms with E-state index in [4.69, 9.17) is 10.8 Å². The minimum atomic E-state index is -0.729. The molecule has 0 unspecified atom stereocenters. The number of H-pyrrole nitrogens is 1. The van der Waals surface area contributed by atoms with Crippen molar-refractivity contribution in [1.82, 2.24) is 15.2 Å². The number of halogens is 2. The highest BCUT2D eigenvalue weighted by atomic mass is 19.1. The average Bonchev–Trinajstić information content (AvgIpc) is 3.34. The summed E-state index contributed by atoms with van der Waals surface area (Å²) in [5.74, 6) is -1.66. The Balaban J connectivity index is 0.000000225. The number of aliphatic hydroxyl groups is 1. The first-order valence-corrected chi connectivity index (χ1v) is 11.1. The van der Waals surface area contributed by atoms with Gasteiger partial charge in [-0.05, 0) is 72.9 Å². The van der Waals surface area contributed by atoms with Crippen LogP contribution in [0, 0.1) is 17.0 Å². The lowest BCUT2D eigenvalue weighted by molar-refractivity contribution is 0.100. The maximum Gasteiger partial charge on any atom is 0.249 e. The number of rotatable bonds is 7. The van der Waals surface area contributed by atoms with Crippen molar-refractivity contribution >= 4 is 5.91 Å². The summed E-state index contributed by atoms with van der Waals surface area (Å²) in [6.07, 6.45) is 3.72. The third-order valence-electron chi connectivity index (χ3n) is 5.48. The fraction of sp³-hybridized carbons (Fsp3) is 0.222. The van der Waals surface area contributed by atoms with Gasteiger partial charge in [0.15, 0.2) is 0 Å². The first-order chi connectivity index (χ1) is 16.7. The topological polar surface area (TPSA) is 105 Å². The van der Waals surface area contributed by atoms with E-state index in [2.05, 4.69) is 29.0 Å². The highest BCUT2D eigenvalue weighted by molar-refractivity contribution is 5.99. The molecule has 0 saturated carbocycles. The van der Waals surface area contributed by atoms with Crippen molar-refractivity contribution in [2.45, 2.75) is 26.7 Å². The molecule has 2 aromatic heterocycles. The van der Waals surface area contributed by atoms with Crippen LogP contribution in [0.25, 0.3) is 22.5 Å². The third kappa shape index (κ3) is 7.04. The molecule has 0 bridgehead atoms. The molecule has 4 rings (SSSR count). The van der Waals surface area contributed by atoms with Gasteiger partial charge in [0.25, 0.3) is 0 Å². The Hall–Kier alpha value is -3.91. The molecule has 2 heterocycles. The highest BCUT2D eigenvalue weighted by Gasteiger charge is 2.17. The van der Waals surface area contributed by atoms with E-state index in [0.717, 1.165) is 18.5 Å². The SMILES string of the molecule is CC(C)(CO)CCc1ccccn1.NC(=O)c1cccc(F)c1-c1cc(-c2ccc(F)cc2)n[nH]1. The van der Waals surface area contributed by atoms with Crippen LogP contribution < -0.4 is 5.73 Å². The fourth-order valence-electron chi connectivity index (χ4n) is 3.31. The molecule has 4 aromatic rings. The van der Waals surface area contributed by atoms with Crippen molar-refractivity contribution in [3.63, 3.8) is 0 Å². The molecular formula is C27H28F2N4O2. The van der Waals surface area contributed by atoms with Crippen molar-refractivity contribution in [2.75, 3.05) is 6.61 Å². The van der Waals surface area contributed by atoms with Gasteiger partial charge in [0.05, 0.1) is 17.0 Å². The Labute approximate surface area is 202 Å². The molecule has 2 aromatic carbocycles. The van der Waals surface area contributed by atoms with E-state index in [0.29, 0.717) is 17.0 Å². The predicted octanol–water partition coefficient (Wildman–Crippen LogP) is 5.15. The zero-order chi connectivity index (χ0) is 25.4. The fourth-order valence-corrected chi connectivity index (χ4v) is 3.31. The van der Waals surface area contributed by atoms with Crippen LogP contribution in [0.4, 0.5) is 8.78 Å². The normalized spacial score (nSPS) is 11.0. The molecule has 1 amide bonds. The van der Waals surface area contributed by atoms with Crippen molar-refractivity contribution in [3.8, 4) is 22.5 Å². The standard InChI is InChI=1S/C16H11F2N3O.C11H17NO/c17-10-6-4-9(5-7-10)13-8-14(21-20-13)15-11(16(19)22)2-1-3-12(15)18;1-11(2,9-13)7-6-10-5-3-4-8-12-10/h1-8H,(H2,19,22)(H,20,21);3-5,8,13H,6-7,9H2,1-2H3. The van der Waals surface area contributed by atoms with E-state index in [1.807, 2.05) is 18.2 Å². The van der Waals surface area contributed by atoms with Crippen LogP contribution in [-0.4, -0.2) is 32.8 Å². The summed E-state index contributed by atoms with van der Waals surface area (Å²) in [6.45, 7) is 4.37. The van der Waals surface area contributed by atoms with Gasteiger partial charge in [-0.2, -0.15) is 5.10 Å². The van der Waals surface area contributed by atoms with Crippen LogP contribution in [0.15, 0.2) is 72.9 Å². The molecule has 0 radical (unpaired) electrons. The van der Waals surface area contributed by atoms with Gasteiger partial charge in [0, 0.05) is 29.6 Å². The quantitative estimate of drug-likeness (QED) is 0.341. The van der Waals surface area contributed by atoms with Gasteiger partial charge < -0.3 is 10.8 Å². The molecule has 0 fully saturated rings. The van der Waals surface area contributed by atoms with Crippen molar-refractivity contribution < 1.29 is 18.7 Å². The number of pyridine rings is 1. The highest BCUT2D eigenvalue weighted by Crippen LogP contribution is 2.28. The molecule has 0 atom stereocenters. The van der Waals surface area contributed by atoms with Crippen molar-refractivity contribution in [2.24, 2.45) is 11.1 Å². The number of hydrogen-bond donors (Lipinski definition) is 3. The molecule has 0 aliphatic heterocycles. The molecule has 0 spiro atoms. The van der Waals surface area contributed by atoms with E-state index in [9.17, 15) is 13.6 Å². The number of nitrogens with one attached hydrogen (secondary N) is 1. The maximum atomic E-state index is 14.1. The lowest BCUT2D eigenvalue weighted by atomic mass is 9.88. The molecule has 0 aliphatic rings. The Kier molecular flexibility index (Phi) is 8.43. The number of hydrogen-bond acceptors (Lipinski definition) is 4. The second-order valence-electron chi connectivity index (χ2n) is 8.84. The molecule has 8 heteroatoms. The lowest BCUT2D eigenvalue weighted by Crippen LogP contribution is -2.17. The first kappa shape index (κ1) is 25.7. The zero-order valence-corrected chi connectivity index (χ0v) is 19.6. The second-order valence-corrected chi connectivity index (χ2v) is 8.84.